The minimum atomic E-state index is -4.21. The zero-order chi connectivity index (χ0) is 42.1. The summed E-state index contributed by atoms with van der Waals surface area (Å²) in [7, 11) is -1.33. The second-order valence-electron chi connectivity index (χ2n) is 16.5. The number of ether oxygens (including phenoxy) is 3. The first-order valence-electron chi connectivity index (χ1n) is 18.9. The maximum atomic E-state index is 15.0. The summed E-state index contributed by atoms with van der Waals surface area (Å²) in [5, 5.41) is 6.14. The molecule has 1 aliphatic heterocycles. The fourth-order valence-electron chi connectivity index (χ4n) is 6.77. The van der Waals surface area contributed by atoms with Crippen molar-refractivity contribution >= 4 is 44.9 Å². The van der Waals surface area contributed by atoms with Crippen molar-refractivity contribution in [2.75, 3.05) is 20.7 Å². The molecule has 5 atom stereocenters. The van der Waals surface area contributed by atoms with Gasteiger partial charge in [-0.1, -0.05) is 64.1 Å². The number of aromatic nitrogens is 1. The molecule has 0 radical (unpaired) electrons. The largest absolute Gasteiger partial charge is 0.497 e. The average molecular weight is 807 g/mol. The summed E-state index contributed by atoms with van der Waals surface area (Å²) >= 11 is 0. The van der Waals surface area contributed by atoms with Crippen molar-refractivity contribution in [1.29, 1.82) is 0 Å². The van der Waals surface area contributed by atoms with Crippen LogP contribution in [0.5, 0.6) is 11.5 Å². The third kappa shape index (κ3) is 9.50. The molecule has 15 nitrogen and oxygen atoms in total. The van der Waals surface area contributed by atoms with Gasteiger partial charge in [0.2, 0.25) is 11.8 Å². The molecule has 5 rings (SSSR count). The molecule has 1 saturated carbocycles. The summed E-state index contributed by atoms with van der Waals surface area (Å²) in [6.07, 6.45) is 0.0191. The van der Waals surface area contributed by atoms with Gasteiger partial charge < -0.3 is 24.8 Å². The zero-order valence-corrected chi connectivity index (χ0v) is 34.9. The van der Waals surface area contributed by atoms with Crippen LogP contribution in [0.15, 0.2) is 67.3 Å². The number of nitrogens with zero attached hydrogens (tertiary/aromatic N) is 3. The van der Waals surface area contributed by atoms with E-state index in [1.807, 2.05) is 30.3 Å². The number of hydrogen-bond acceptors (Lipinski definition) is 10. The number of pyridine rings is 1. The number of rotatable bonds is 13. The highest BCUT2D eigenvalue weighted by atomic mass is 32.2. The standard InChI is InChI=1S/C41H54N6O9S/c1-11-26-24-41(26,37(50)45-57(52,53)46(9)12-2)44-35(48)31-20-21-33(47(31)36(49)34(39(3,4)5)43-38(51)56-40(6,7)8)55-32-23-29(25-16-14-13-15-17-25)42-30-22-27(54-10)18-19-28(30)32/h11,13-19,22-23,26,31,33-34H,1,12,20-21,24H2,2-10H3,(H,43,51)(H,44,48)(H,45,50)/t26?,31-,33+,34-,41?/m0/s1. The maximum absolute atomic E-state index is 15.0. The maximum Gasteiger partial charge on any atom is 0.408 e. The number of fused-ring (bicyclic) bond motifs is 1. The van der Waals surface area contributed by atoms with E-state index in [9.17, 15) is 27.6 Å². The smallest absolute Gasteiger partial charge is 0.408 e. The second kappa shape index (κ2) is 16.3. The summed E-state index contributed by atoms with van der Waals surface area (Å²) in [5.41, 5.74) is -1.40. The van der Waals surface area contributed by atoms with Gasteiger partial charge in [-0.05, 0) is 51.2 Å². The Morgan fingerprint density at radius 1 is 1.05 bits per heavy atom. The molecular weight excluding hydrogens is 753 g/mol. The van der Waals surface area contributed by atoms with Gasteiger partial charge in [0.15, 0.2) is 6.23 Å². The lowest BCUT2D eigenvalue weighted by Crippen LogP contribution is -2.62. The van der Waals surface area contributed by atoms with Crippen molar-refractivity contribution in [3.63, 3.8) is 0 Å². The number of hydrogen-bond donors (Lipinski definition) is 3. The molecule has 308 valence electrons. The summed E-state index contributed by atoms with van der Waals surface area (Å²) in [6, 6.07) is 14.2. The normalized spacial score (nSPS) is 21.4. The molecule has 1 saturated heterocycles. The highest BCUT2D eigenvalue weighted by molar-refractivity contribution is 7.87. The highest BCUT2D eigenvalue weighted by Gasteiger charge is 2.62. The van der Waals surface area contributed by atoms with E-state index in [1.54, 1.807) is 79.8 Å². The first-order chi connectivity index (χ1) is 26.6. The molecule has 4 amide bonds. The molecule has 2 heterocycles. The minimum absolute atomic E-state index is 0.0968. The lowest BCUT2D eigenvalue weighted by Gasteiger charge is -2.38. The first-order valence-corrected chi connectivity index (χ1v) is 20.3. The Hall–Kier alpha value is -5.22. The van der Waals surface area contributed by atoms with Crippen molar-refractivity contribution in [3.8, 4) is 22.8 Å². The predicted octanol–water partition coefficient (Wildman–Crippen LogP) is 4.92. The van der Waals surface area contributed by atoms with E-state index in [0.717, 1.165) is 9.87 Å². The molecule has 1 aromatic heterocycles. The topological polar surface area (TPSA) is 186 Å². The number of likely N-dealkylation sites (tertiary alicyclic amines) is 1. The van der Waals surface area contributed by atoms with Crippen molar-refractivity contribution in [2.24, 2.45) is 11.3 Å². The van der Waals surface area contributed by atoms with Crippen LogP contribution in [0.3, 0.4) is 0 Å². The van der Waals surface area contributed by atoms with Crippen molar-refractivity contribution in [1.82, 2.24) is 29.5 Å². The highest BCUT2D eigenvalue weighted by Crippen LogP contribution is 2.45. The number of carbonyl (C=O) groups excluding carboxylic acids is 4. The molecular formula is C41H54N6O9S. The number of amides is 4. The van der Waals surface area contributed by atoms with Gasteiger partial charge in [-0.25, -0.2) is 14.5 Å². The summed E-state index contributed by atoms with van der Waals surface area (Å²) in [6.45, 7) is 15.9. The van der Waals surface area contributed by atoms with Crippen LogP contribution in [-0.2, 0) is 29.3 Å². The van der Waals surface area contributed by atoms with Crippen LogP contribution in [0.25, 0.3) is 22.2 Å². The van der Waals surface area contributed by atoms with E-state index in [1.165, 1.54) is 18.0 Å². The Morgan fingerprint density at radius 3 is 2.32 bits per heavy atom. The zero-order valence-electron chi connectivity index (χ0n) is 34.0. The third-order valence-electron chi connectivity index (χ3n) is 10.1. The fraction of sp³-hybridized carbons (Fsp3) is 0.488. The number of carbonyl (C=O) groups is 4. The number of benzene rings is 2. The van der Waals surface area contributed by atoms with Gasteiger partial charge in [0, 0.05) is 49.0 Å². The van der Waals surface area contributed by atoms with E-state index in [2.05, 4.69) is 21.9 Å². The molecule has 3 aromatic rings. The van der Waals surface area contributed by atoms with E-state index in [0.29, 0.717) is 28.1 Å². The van der Waals surface area contributed by atoms with Gasteiger partial charge in [-0.3, -0.25) is 19.3 Å². The van der Waals surface area contributed by atoms with Crippen molar-refractivity contribution in [3.05, 3.63) is 67.3 Å². The Bertz CT molecular complexity index is 2130. The van der Waals surface area contributed by atoms with E-state index in [4.69, 9.17) is 19.2 Å². The minimum Gasteiger partial charge on any atom is -0.497 e. The molecule has 16 heteroatoms. The molecule has 0 spiro atoms. The van der Waals surface area contributed by atoms with Gasteiger partial charge in [-0.2, -0.15) is 12.7 Å². The van der Waals surface area contributed by atoms with Gasteiger partial charge in [0.05, 0.1) is 18.3 Å². The number of methoxy groups -OCH3 is 1. The van der Waals surface area contributed by atoms with Gasteiger partial charge in [0.25, 0.3) is 5.91 Å². The van der Waals surface area contributed by atoms with Crippen LogP contribution < -0.4 is 24.8 Å². The quantitative estimate of drug-likeness (QED) is 0.200. The predicted molar refractivity (Wildman–Crippen MR) is 215 cm³/mol. The average Bonchev–Trinajstić information content (AvgIpc) is 3.71. The number of alkyl carbamates (subject to hydrolysis) is 1. The van der Waals surface area contributed by atoms with Crippen LogP contribution >= 0.6 is 0 Å². The van der Waals surface area contributed by atoms with Crippen LogP contribution in [-0.4, -0.2) is 96.6 Å². The van der Waals surface area contributed by atoms with E-state index >= 15 is 0 Å². The lowest BCUT2D eigenvalue weighted by molar-refractivity contribution is -0.149. The third-order valence-corrected chi connectivity index (χ3v) is 11.6. The van der Waals surface area contributed by atoms with Crippen LogP contribution in [0.4, 0.5) is 4.79 Å². The Balaban J connectivity index is 1.56. The SMILES string of the molecule is C=CC1CC1(NC(=O)[C@@H]1CC[C@@H](Oc2cc(-c3ccccc3)nc3cc(OC)ccc23)N1C(=O)[C@H](NC(=O)OC(C)(C)C)C(C)(C)C)C(=O)NS(=O)(=O)N(C)CC. The van der Waals surface area contributed by atoms with Crippen molar-refractivity contribution in [2.45, 2.75) is 97.2 Å². The van der Waals surface area contributed by atoms with E-state index < -0.39 is 74.8 Å². The van der Waals surface area contributed by atoms with Gasteiger partial charge in [-0.15, -0.1) is 6.58 Å². The summed E-state index contributed by atoms with van der Waals surface area (Å²) in [4.78, 5) is 62.4. The molecule has 57 heavy (non-hydrogen) atoms. The van der Waals surface area contributed by atoms with Gasteiger partial charge in [0.1, 0.15) is 34.7 Å². The second-order valence-corrected chi connectivity index (χ2v) is 18.2. The Kier molecular flexibility index (Phi) is 12.3. The lowest BCUT2D eigenvalue weighted by atomic mass is 9.85. The Labute approximate surface area is 334 Å². The van der Waals surface area contributed by atoms with Crippen LogP contribution in [0.2, 0.25) is 0 Å². The molecule has 1 aliphatic carbocycles. The molecule has 2 aliphatic rings. The summed E-state index contributed by atoms with van der Waals surface area (Å²) < 4.78 is 46.5. The molecule has 2 unspecified atom stereocenters. The van der Waals surface area contributed by atoms with Crippen LogP contribution in [0.1, 0.15) is 67.7 Å². The van der Waals surface area contributed by atoms with Crippen molar-refractivity contribution < 1.29 is 41.8 Å². The first kappa shape index (κ1) is 42.9. The summed E-state index contributed by atoms with van der Waals surface area (Å²) in [5.74, 6) is -1.86. The van der Waals surface area contributed by atoms with Gasteiger partial charge >= 0.3 is 16.3 Å². The number of nitrogens with one attached hydrogen (secondary N) is 3. The monoisotopic (exact) mass is 806 g/mol. The molecule has 3 N–H and O–H groups in total. The van der Waals surface area contributed by atoms with E-state index in [-0.39, 0.29) is 25.8 Å². The molecule has 2 fully saturated rings. The molecule has 0 bridgehead atoms. The fourth-order valence-corrected chi connectivity index (χ4v) is 7.68. The molecule has 2 aromatic carbocycles. The Morgan fingerprint density at radius 2 is 1.74 bits per heavy atom. The van der Waals surface area contributed by atoms with Crippen LogP contribution in [0, 0.1) is 11.3 Å².